The van der Waals surface area contributed by atoms with Crippen molar-refractivity contribution < 1.29 is 32.9 Å². The Bertz CT molecular complexity index is 1880. The molecule has 480 valence electrons. The van der Waals surface area contributed by atoms with Crippen molar-refractivity contribution in [1.82, 2.24) is 5.32 Å². The second-order valence-corrected chi connectivity index (χ2v) is 25.3. The number of likely N-dealkylation sites (N-methyl/N-ethyl adjacent to an activating group) is 1. The average molecular weight is 1190 g/mol. The van der Waals surface area contributed by atoms with Crippen molar-refractivity contribution >= 4 is 13.7 Å². The smallest absolute Gasteiger partial charge is 0.387 e. The standard InChI is InChI=1S/C75H129N2O6P/c1-6-8-10-12-14-16-18-20-22-24-26-28-30-32-34-36-37-38-39-41-43-45-47-49-51-53-55-57-59-61-63-65-67-69-75(79)76-73(72-83-84(80,81)82-71-70-77(3,4)5)74(78)68-66-64-62-60-58-56-54-52-50-48-46-44-42-40-35-33-31-29-27-25-23-21-19-17-15-13-11-9-7-2/h8,10,14,16,20,22,26,28,32,34,37-38,41,43,47,49,53,55,58-61,66,68,73-74,78H,6-7,9,11-13,15,17-19,21,23-25,27,29-31,33,35-36,39-40,42,44-46,48,50-52,54,56-57,62-65,67,69-72H2,1-5H3,(H-,76,79,80,81)/p+1/b10-8-,16-14-,22-20-,28-26-,34-32-,38-37-,43-41-,49-47-,55-53-,60-58+,61-59-,68-66+. The van der Waals surface area contributed by atoms with Gasteiger partial charge in [-0.05, 0) is 109 Å². The van der Waals surface area contributed by atoms with Crippen LogP contribution in [-0.4, -0.2) is 73.4 Å². The molecular weight excluding hydrogens is 1060 g/mol. The van der Waals surface area contributed by atoms with Crippen LogP contribution in [0.25, 0.3) is 0 Å². The number of phosphoric acid groups is 1. The number of quaternary nitrogens is 1. The minimum atomic E-state index is -4.39. The molecule has 0 radical (unpaired) electrons. The summed E-state index contributed by atoms with van der Waals surface area (Å²) in [6.07, 6.45) is 98.5. The topological polar surface area (TPSA) is 105 Å². The number of aliphatic hydroxyl groups is 1. The molecule has 8 nitrogen and oxygen atoms in total. The van der Waals surface area contributed by atoms with Gasteiger partial charge in [-0.2, -0.15) is 0 Å². The number of aliphatic hydroxyl groups excluding tert-OH is 1. The Morgan fingerprint density at radius 2 is 0.726 bits per heavy atom. The van der Waals surface area contributed by atoms with E-state index in [1.54, 1.807) is 6.08 Å². The first-order chi connectivity index (χ1) is 41.0. The van der Waals surface area contributed by atoms with E-state index in [4.69, 9.17) is 9.05 Å². The molecule has 3 atom stereocenters. The predicted molar refractivity (Wildman–Crippen MR) is 368 cm³/mol. The number of rotatable bonds is 61. The maximum absolute atomic E-state index is 13.0. The maximum atomic E-state index is 13.0. The summed E-state index contributed by atoms with van der Waals surface area (Å²) < 4.78 is 23.7. The van der Waals surface area contributed by atoms with Gasteiger partial charge in [0, 0.05) is 6.42 Å². The summed E-state index contributed by atoms with van der Waals surface area (Å²) >= 11 is 0. The maximum Gasteiger partial charge on any atom is 0.472 e. The zero-order valence-electron chi connectivity index (χ0n) is 54.8. The number of unbranched alkanes of at least 4 members (excludes halogenated alkanes) is 26. The van der Waals surface area contributed by atoms with E-state index in [1.165, 1.54) is 148 Å². The molecule has 0 aromatic heterocycles. The highest BCUT2D eigenvalue weighted by Gasteiger charge is 2.27. The van der Waals surface area contributed by atoms with Crippen molar-refractivity contribution in [2.75, 3.05) is 40.9 Å². The molecule has 0 rings (SSSR count). The van der Waals surface area contributed by atoms with Crippen LogP contribution in [0.5, 0.6) is 0 Å². The molecule has 0 aliphatic carbocycles. The van der Waals surface area contributed by atoms with Crippen LogP contribution in [0.2, 0.25) is 0 Å². The van der Waals surface area contributed by atoms with Crippen molar-refractivity contribution in [2.45, 2.75) is 283 Å². The summed E-state index contributed by atoms with van der Waals surface area (Å²) in [5.74, 6) is -0.233. The van der Waals surface area contributed by atoms with Crippen molar-refractivity contribution in [3.63, 3.8) is 0 Å². The van der Waals surface area contributed by atoms with Gasteiger partial charge in [-0.15, -0.1) is 0 Å². The molecule has 3 N–H and O–H groups in total. The molecule has 3 unspecified atom stereocenters. The zero-order valence-corrected chi connectivity index (χ0v) is 55.7. The van der Waals surface area contributed by atoms with Crippen molar-refractivity contribution in [1.29, 1.82) is 0 Å². The third kappa shape index (κ3) is 65.9. The number of phosphoric ester groups is 1. The third-order valence-electron chi connectivity index (χ3n) is 14.5. The molecule has 0 aromatic carbocycles. The van der Waals surface area contributed by atoms with Crippen molar-refractivity contribution in [2.24, 2.45) is 0 Å². The van der Waals surface area contributed by atoms with Crippen LogP contribution >= 0.6 is 7.82 Å². The van der Waals surface area contributed by atoms with E-state index in [0.717, 1.165) is 96.3 Å². The normalized spacial score (nSPS) is 14.6. The zero-order chi connectivity index (χ0) is 61.2. The lowest BCUT2D eigenvalue weighted by molar-refractivity contribution is -0.870. The third-order valence-corrected chi connectivity index (χ3v) is 15.5. The fraction of sp³-hybridized carbons (Fsp3) is 0.667. The van der Waals surface area contributed by atoms with Gasteiger partial charge in [-0.3, -0.25) is 13.8 Å². The molecule has 0 bridgehead atoms. The second kappa shape index (κ2) is 63.9. The van der Waals surface area contributed by atoms with E-state index in [1.807, 2.05) is 27.2 Å². The highest BCUT2D eigenvalue weighted by molar-refractivity contribution is 7.47. The van der Waals surface area contributed by atoms with Crippen LogP contribution in [0, 0.1) is 0 Å². The fourth-order valence-electron chi connectivity index (χ4n) is 9.26. The van der Waals surface area contributed by atoms with Crippen LogP contribution in [0.15, 0.2) is 146 Å². The largest absolute Gasteiger partial charge is 0.472 e. The Morgan fingerprint density at radius 1 is 0.417 bits per heavy atom. The number of carbonyl (C=O) groups excluding carboxylic acids is 1. The SMILES string of the molecule is CC/C=C\C/C=C\C/C=C\C/C=C\C/C=C\C/C=C\C/C=C\C/C=C\C/C=C\C/C=C\CCCCC(=O)NC(COP(=O)(O)OCC[N+](C)(C)C)C(O)/C=C/CC/C=C/CCCCCCCCCCCCCCCCCCCCCCCCC. The second-order valence-electron chi connectivity index (χ2n) is 23.8. The van der Waals surface area contributed by atoms with Gasteiger partial charge < -0.3 is 19.8 Å². The van der Waals surface area contributed by atoms with Crippen molar-refractivity contribution in [3.8, 4) is 0 Å². The molecule has 0 spiro atoms. The summed E-state index contributed by atoms with van der Waals surface area (Å²) in [5, 5.41) is 13.9. The first-order valence-corrected chi connectivity index (χ1v) is 35.7. The Labute approximate surface area is 519 Å². The molecule has 1 amide bonds. The molecule has 0 heterocycles. The number of allylic oxidation sites excluding steroid dienone is 23. The number of hydrogen-bond donors (Lipinski definition) is 3. The van der Waals surface area contributed by atoms with Gasteiger partial charge in [-0.1, -0.05) is 301 Å². The Kier molecular flexibility index (Phi) is 61.1. The number of carbonyl (C=O) groups is 1. The van der Waals surface area contributed by atoms with Gasteiger partial charge in [0.15, 0.2) is 0 Å². The molecule has 0 saturated heterocycles. The molecule has 0 saturated carbocycles. The highest BCUT2D eigenvalue weighted by Crippen LogP contribution is 2.43. The van der Waals surface area contributed by atoms with E-state index in [0.29, 0.717) is 17.4 Å². The van der Waals surface area contributed by atoms with Crippen LogP contribution in [-0.2, 0) is 18.4 Å². The van der Waals surface area contributed by atoms with Crippen LogP contribution < -0.4 is 5.32 Å². The van der Waals surface area contributed by atoms with Crippen LogP contribution in [0.1, 0.15) is 271 Å². The molecule has 0 fully saturated rings. The van der Waals surface area contributed by atoms with E-state index in [-0.39, 0.29) is 25.5 Å². The van der Waals surface area contributed by atoms with Crippen LogP contribution in [0.3, 0.4) is 0 Å². The van der Waals surface area contributed by atoms with Crippen LogP contribution in [0.4, 0.5) is 0 Å². The predicted octanol–water partition coefficient (Wildman–Crippen LogP) is 22.0. The van der Waals surface area contributed by atoms with Crippen molar-refractivity contribution in [3.05, 3.63) is 146 Å². The minimum absolute atomic E-state index is 0.0394. The molecule has 0 aliphatic heterocycles. The van der Waals surface area contributed by atoms with Gasteiger partial charge in [0.2, 0.25) is 5.91 Å². The Balaban J connectivity index is 4.29. The summed E-state index contributed by atoms with van der Waals surface area (Å²) in [5.41, 5.74) is 0. The Hall–Kier alpha value is -3.62. The van der Waals surface area contributed by atoms with Gasteiger partial charge in [-0.25, -0.2) is 4.57 Å². The first-order valence-electron chi connectivity index (χ1n) is 34.2. The Morgan fingerprint density at radius 3 is 1.10 bits per heavy atom. The molecule has 9 heteroatoms. The molecule has 0 aliphatic rings. The lowest BCUT2D eigenvalue weighted by Gasteiger charge is -2.25. The van der Waals surface area contributed by atoms with E-state index < -0.39 is 20.0 Å². The van der Waals surface area contributed by atoms with E-state index >= 15 is 0 Å². The molecule has 84 heavy (non-hydrogen) atoms. The molecule has 0 aromatic rings. The van der Waals surface area contributed by atoms with Gasteiger partial charge in [0.1, 0.15) is 13.2 Å². The summed E-state index contributed by atoms with van der Waals surface area (Å²) in [6, 6.07) is -0.900. The van der Waals surface area contributed by atoms with E-state index in [2.05, 4.69) is 153 Å². The number of hydrogen-bond acceptors (Lipinski definition) is 5. The summed E-state index contributed by atoms with van der Waals surface area (Å²) in [7, 11) is 1.51. The molecular formula is C75H130N2O6P+. The summed E-state index contributed by atoms with van der Waals surface area (Å²) in [6.45, 7) is 4.65. The lowest BCUT2D eigenvalue weighted by Crippen LogP contribution is -2.45. The summed E-state index contributed by atoms with van der Waals surface area (Å²) in [4.78, 5) is 23.4. The van der Waals surface area contributed by atoms with Gasteiger partial charge in [0.25, 0.3) is 0 Å². The van der Waals surface area contributed by atoms with E-state index in [9.17, 15) is 19.4 Å². The average Bonchev–Trinajstić information content (AvgIpc) is 3.56. The van der Waals surface area contributed by atoms with Gasteiger partial charge >= 0.3 is 7.82 Å². The first kappa shape index (κ1) is 80.4. The fourth-order valence-corrected chi connectivity index (χ4v) is 10.00. The monoisotopic (exact) mass is 1190 g/mol. The number of nitrogens with one attached hydrogen (secondary N) is 1. The number of amides is 1. The van der Waals surface area contributed by atoms with Gasteiger partial charge in [0.05, 0.1) is 39.9 Å². The quantitative estimate of drug-likeness (QED) is 0.0243. The number of nitrogens with zero attached hydrogens (tertiary/aromatic N) is 1. The lowest BCUT2D eigenvalue weighted by atomic mass is 10.0. The highest BCUT2D eigenvalue weighted by atomic mass is 31.2. The minimum Gasteiger partial charge on any atom is -0.387 e.